The second-order valence-electron chi connectivity index (χ2n) is 6.29. The summed E-state index contributed by atoms with van der Waals surface area (Å²) in [4.78, 5) is 65.0. The van der Waals surface area contributed by atoms with Crippen molar-refractivity contribution in [2.45, 2.75) is 0 Å². The molecule has 0 radical (unpaired) electrons. The third-order valence-electron chi connectivity index (χ3n) is 4.26. The van der Waals surface area contributed by atoms with E-state index in [-0.39, 0.29) is 0 Å². The van der Waals surface area contributed by atoms with Crippen molar-refractivity contribution in [3.63, 3.8) is 0 Å². The number of ether oxygens (including phenoxy) is 5. The Labute approximate surface area is 189 Å². The lowest BCUT2D eigenvalue weighted by molar-refractivity contribution is -0.578. The minimum absolute atomic E-state index is 0.541. The molecule has 0 spiro atoms. The summed E-state index contributed by atoms with van der Waals surface area (Å²) in [5.41, 5.74) is -2.49. The van der Waals surface area contributed by atoms with Crippen molar-refractivity contribution in [3.05, 3.63) is 41.2 Å². The van der Waals surface area contributed by atoms with Gasteiger partial charge in [0.15, 0.2) is 23.5 Å². The molecule has 1 heterocycles. The molecule has 0 bridgehead atoms. The van der Waals surface area contributed by atoms with Crippen LogP contribution in [0.25, 0.3) is 5.70 Å². The molecule has 1 rings (SSSR count). The van der Waals surface area contributed by atoms with Gasteiger partial charge in [0.2, 0.25) is 0 Å². The van der Waals surface area contributed by atoms with E-state index in [1.165, 1.54) is 12.4 Å². The highest BCUT2D eigenvalue weighted by Crippen LogP contribution is 2.25. The largest absolute Gasteiger partial charge is 0.465 e. The molecule has 0 amide bonds. The van der Waals surface area contributed by atoms with Crippen LogP contribution in [0.5, 0.6) is 0 Å². The number of hydrogen-bond acceptors (Lipinski definition) is 11. The first kappa shape index (κ1) is 26.8. The molecule has 178 valence electrons. The number of nitrogens with zero attached hydrogens (tertiary/aromatic N) is 2. The molecule has 0 fully saturated rings. The highest BCUT2D eigenvalue weighted by Gasteiger charge is 2.42. The first-order valence-corrected chi connectivity index (χ1v) is 9.18. The monoisotopic (exact) mass is 465 g/mol. The summed E-state index contributed by atoms with van der Waals surface area (Å²) in [6, 6.07) is 3.20. The predicted molar refractivity (Wildman–Crippen MR) is 111 cm³/mol. The second-order valence-corrected chi connectivity index (χ2v) is 6.29. The molecular formula is C21H25N2O10+. The van der Waals surface area contributed by atoms with Crippen LogP contribution >= 0.6 is 0 Å². The third kappa shape index (κ3) is 5.93. The van der Waals surface area contributed by atoms with Gasteiger partial charge in [-0.25, -0.2) is 24.0 Å². The fourth-order valence-electron chi connectivity index (χ4n) is 2.64. The zero-order valence-electron chi connectivity index (χ0n) is 19.3. The maximum absolute atomic E-state index is 12.9. The molecule has 0 saturated heterocycles. The van der Waals surface area contributed by atoms with Crippen LogP contribution in [0.3, 0.4) is 0 Å². The molecule has 0 saturated carbocycles. The highest BCUT2D eigenvalue weighted by molar-refractivity contribution is 6.27. The molecule has 1 aromatic rings. The lowest BCUT2D eigenvalue weighted by Gasteiger charge is -2.14. The number of anilines is 1. The molecule has 0 unspecified atom stereocenters. The predicted octanol–water partition coefficient (Wildman–Crippen LogP) is -0.587. The number of aromatic nitrogens is 1. The Bertz CT molecular complexity index is 988. The van der Waals surface area contributed by atoms with Gasteiger partial charge in [-0.3, -0.25) is 0 Å². The van der Waals surface area contributed by atoms with Gasteiger partial charge in [-0.2, -0.15) is 4.57 Å². The minimum atomic E-state index is -1.32. The number of methoxy groups -OCH3 is 5. The van der Waals surface area contributed by atoms with E-state index in [1.807, 2.05) is 0 Å². The van der Waals surface area contributed by atoms with Crippen LogP contribution in [0.15, 0.2) is 41.2 Å². The molecule has 0 aromatic carbocycles. The second kappa shape index (κ2) is 12.0. The van der Waals surface area contributed by atoms with Crippen molar-refractivity contribution < 1.29 is 52.2 Å². The fraction of sp³-hybridized carbons (Fsp3) is 0.333. The van der Waals surface area contributed by atoms with Gasteiger partial charge in [-0.15, -0.1) is 0 Å². The normalized spacial score (nSPS) is 10.8. The summed E-state index contributed by atoms with van der Waals surface area (Å²) >= 11 is 0. The summed E-state index contributed by atoms with van der Waals surface area (Å²) in [5.74, 6) is -6.28. The van der Waals surface area contributed by atoms with E-state index in [0.29, 0.717) is 0 Å². The van der Waals surface area contributed by atoms with Crippen molar-refractivity contribution in [3.8, 4) is 0 Å². The van der Waals surface area contributed by atoms with Gasteiger partial charge in [-0.05, 0) is 0 Å². The van der Waals surface area contributed by atoms with Gasteiger partial charge in [0.05, 0.1) is 35.5 Å². The average Bonchev–Trinajstić information content (AvgIpc) is 2.83. The molecule has 1 aromatic heterocycles. The van der Waals surface area contributed by atoms with E-state index in [0.717, 1.165) is 45.8 Å². The third-order valence-corrected chi connectivity index (χ3v) is 4.26. The standard InChI is InChI=1S/C21H25N2O10/c1-22(2)12-8-10-23(11-9-12)16(21(28)33-7)14(18(25)30-4)13(17(24)29-3)15(19(26)31-5)20(27)32-6/h8-11H,1-7H3/q+1/b16-14-. The minimum Gasteiger partial charge on any atom is -0.465 e. The number of carbonyl (C=O) groups excluding carboxylic acids is 5. The fourth-order valence-corrected chi connectivity index (χ4v) is 2.64. The van der Waals surface area contributed by atoms with Crippen molar-refractivity contribution in [1.29, 1.82) is 0 Å². The Morgan fingerprint density at radius 2 is 0.970 bits per heavy atom. The van der Waals surface area contributed by atoms with Gasteiger partial charge in [-0.1, -0.05) is 0 Å². The Morgan fingerprint density at radius 3 is 1.33 bits per heavy atom. The Morgan fingerprint density at radius 1 is 0.606 bits per heavy atom. The van der Waals surface area contributed by atoms with Crippen molar-refractivity contribution >= 4 is 41.2 Å². The number of carbonyl (C=O) groups is 5. The van der Waals surface area contributed by atoms with Crippen LogP contribution in [0.1, 0.15) is 0 Å². The van der Waals surface area contributed by atoms with E-state index in [4.69, 9.17) is 9.47 Å². The molecule has 0 aliphatic heterocycles. The maximum atomic E-state index is 12.9. The smallest absolute Gasteiger partial charge is 0.404 e. The number of rotatable bonds is 8. The van der Waals surface area contributed by atoms with Gasteiger partial charge in [0.1, 0.15) is 5.57 Å². The summed E-state index contributed by atoms with van der Waals surface area (Å²) < 4.78 is 24.5. The first-order valence-electron chi connectivity index (χ1n) is 9.18. The lowest BCUT2D eigenvalue weighted by Crippen LogP contribution is -2.40. The number of hydrogen-bond donors (Lipinski definition) is 0. The van der Waals surface area contributed by atoms with E-state index in [9.17, 15) is 24.0 Å². The van der Waals surface area contributed by atoms with Crippen LogP contribution in [0.4, 0.5) is 5.69 Å². The number of pyridine rings is 1. The van der Waals surface area contributed by atoms with Crippen LogP contribution in [0.2, 0.25) is 0 Å². The van der Waals surface area contributed by atoms with E-state index < -0.39 is 52.3 Å². The van der Waals surface area contributed by atoms with Gasteiger partial charge in [0.25, 0.3) is 0 Å². The maximum Gasteiger partial charge on any atom is 0.404 e. The lowest BCUT2D eigenvalue weighted by atomic mass is 9.97. The van der Waals surface area contributed by atoms with Gasteiger partial charge < -0.3 is 28.6 Å². The average molecular weight is 465 g/mol. The van der Waals surface area contributed by atoms with Crippen LogP contribution in [-0.4, -0.2) is 79.5 Å². The molecule has 33 heavy (non-hydrogen) atoms. The Hall–Kier alpha value is -4.22. The molecule has 12 nitrogen and oxygen atoms in total. The summed E-state index contributed by atoms with van der Waals surface area (Å²) in [5, 5.41) is 0. The van der Waals surface area contributed by atoms with Crippen molar-refractivity contribution in [1.82, 2.24) is 0 Å². The zero-order valence-corrected chi connectivity index (χ0v) is 19.3. The van der Waals surface area contributed by atoms with Gasteiger partial charge in [0, 0.05) is 31.9 Å². The van der Waals surface area contributed by atoms with Gasteiger partial charge >= 0.3 is 35.5 Å². The Kier molecular flexibility index (Phi) is 9.73. The molecular weight excluding hydrogens is 440 g/mol. The summed E-state index contributed by atoms with van der Waals surface area (Å²) in [7, 11) is 8.41. The zero-order chi connectivity index (χ0) is 25.3. The van der Waals surface area contributed by atoms with E-state index >= 15 is 0 Å². The molecule has 0 N–H and O–H groups in total. The Balaban J connectivity index is 4.29. The van der Waals surface area contributed by atoms with E-state index in [2.05, 4.69) is 14.2 Å². The van der Waals surface area contributed by atoms with E-state index in [1.54, 1.807) is 31.1 Å². The highest BCUT2D eigenvalue weighted by atomic mass is 16.6. The van der Waals surface area contributed by atoms with Crippen LogP contribution in [-0.2, 0) is 47.7 Å². The first-order chi connectivity index (χ1) is 15.6. The van der Waals surface area contributed by atoms with Crippen molar-refractivity contribution in [2.24, 2.45) is 0 Å². The molecule has 0 aliphatic rings. The molecule has 0 atom stereocenters. The van der Waals surface area contributed by atoms with Crippen molar-refractivity contribution in [2.75, 3.05) is 54.5 Å². The SMILES string of the molecule is COC(=O)C(C(=O)OC)=C(C(=O)OC)/C(C(=O)OC)=C(\C(=O)OC)[n+]1ccc(N(C)C)cc1. The van der Waals surface area contributed by atoms with Crippen LogP contribution in [0, 0.1) is 0 Å². The summed E-state index contributed by atoms with van der Waals surface area (Å²) in [6.45, 7) is 0. The number of esters is 5. The quantitative estimate of drug-likeness (QED) is 0.0926. The molecule has 12 heteroatoms. The topological polar surface area (TPSA) is 139 Å². The van der Waals surface area contributed by atoms with Crippen LogP contribution < -0.4 is 9.47 Å². The summed E-state index contributed by atoms with van der Waals surface area (Å²) in [6.07, 6.45) is 2.80. The molecule has 0 aliphatic carbocycles.